The smallest absolute Gasteiger partial charge is 0.290 e. The van der Waals surface area contributed by atoms with Crippen molar-refractivity contribution in [1.82, 2.24) is 9.55 Å². The number of methoxy groups -OCH3 is 1. The van der Waals surface area contributed by atoms with E-state index in [0.717, 1.165) is 39.7 Å². The van der Waals surface area contributed by atoms with Crippen LogP contribution in [-0.4, -0.2) is 27.6 Å². The quantitative estimate of drug-likeness (QED) is 0.191. The fourth-order valence-electron chi connectivity index (χ4n) is 8.30. The minimum Gasteiger partial charge on any atom is -0.361 e. The Morgan fingerprint density at radius 3 is 2.27 bits per heavy atom. The number of hydrogen-bond donors (Lipinski definition) is 1. The van der Waals surface area contributed by atoms with Gasteiger partial charge in [-0.2, -0.15) is 0 Å². The van der Waals surface area contributed by atoms with Crippen molar-refractivity contribution in [3.63, 3.8) is 0 Å². The molecular weight excluding hydrogens is 506 g/mol. The topological polar surface area (TPSA) is 51.2 Å². The number of fused-ring (bicyclic) bond motifs is 13. The summed E-state index contributed by atoms with van der Waals surface area (Å²) in [5.74, 6) is -1.38. The Morgan fingerprint density at radius 1 is 0.927 bits per heavy atom. The molecule has 1 aliphatic carbocycles. The summed E-state index contributed by atoms with van der Waals surface area (Å²) in [4.78, 5) is 5.09. The molecule has 1 saturated carbocycles. The molecule has 5 nitrogen and oxygen atoms in total. The van der Waals surface area contributed by atoms with E-state index >= 15 is 0 Å². The number of nitrogens with zero attached hydrogens (tertiary/aromatic N) is 3. The van der Waals surface area contributed by atoms with Crippen molar-refractivity contribution in [1.29, 1.82) is 0 Å². The Labute approximate surface area is 240 Å². The van der Waals surface area contributed by atoms with Crippen molar-refractivity contribution in [2.75, 3.05) is 7.11 Å². The van der Waals surface area contributed by atoms with Crippen molar-refractivity contribution in [3.05, 3.63) is 84.2 Å². The summed E-state index contributed by atoms with van der Waals surface area (Å²) in [6.07, 6.45) is 2.89. The average Bonchev–Trinajstić information content (AvgIpc) is 3.19. The molecule has 1 fully saturated rings. The van der Waals surface area contributed by atoms with E-state index in [-0.39, 0.29) is 5.41 Å². The number of rotatable bonds is 2. The zero-order valence-corrected chi connectivity index (χ0v) is 24.8. The van der Waals surface area contributed by atoms with Gasteiger partial charge in [0.15, 0.2) is 5.54 Å². The van der Waals surface area contributed by atoms with Crippen LogP contribution in [0, 0.1) is 5.41 Å². The van der Waals surface area contributed by atoms with Crippen LogP contribution < -0.4 is 4.57 Å². The molecule has 0 radical (unpaired) electrons. The highest BCUT2D eigenvalue weighted by molar-refractivity contribution is 6.21. The molecule has 41 heavy (non-hydrogen) atoms. The summed E-state index contributed by atoms with van der Waals surface area (Å²) in [6, 6.07) is 24.2. The fraction of sp³-hybridized carbons (Fsp3) is 0.333. The molecule has 0 saturated heterocycles. The molecule has 1 aliphatic heterocycles. The highest BCUT2D eigenvalue weighted by Gasteiger charge is 2.91. The normalized spacial score (nSPS) is 25.1. The predicted molar refractivity (Wildman–Crippen MR) is 165 cm³/mol. The van der Waals surface area contributed by atoms with E-state index in [1.165, 1.54) is 32.6 Å². The molecule has 6 aromatic rings. The summed E-state index contributed by atoms with van der Waals surface area (Å²) in [5.41, 5.74) is 5.57. The standard InChI is InChI=1S/C36H36N3O2/c1-33(2,3)19-23-17-27-29-31-26-16-21-12-8-9-13-22(21)18-28(26)34(4)35(5,36(34,40)41-7)39(31)20-37-32(29)38(6)30(27)25-15-11-10-14-24(23)25/h8-18,20,40H,19H2,1-7H3/q+1. The van der Waals surface area contributed by atoms with Gasteiger partial charge in [-0.3, -0.25) is 0 Å². The summed E-state index contributed by atoms with van der Waals surface area (Å²) >= 11 is 0. The van der Waals surface area contributed by atoms with Crippen LogP contribution in [0.5, 0.6) is 0 Å². The highest BCUT2D eigenvalue weighted by Crippen LogP contribution is 2.71. The predicted octanol–water partition coefficient (Wildman–Crippen LogP) is 6.91. The van der Waals surface area contributed by atoms with E-state index in [1.807, 2.05) is 6.33 Å². The van der Waals surface area contributed by atoms with Crippen molar-refractivity contribution < 1.29 is 14.4 Å². The fourth-order valence-corrected chi connectivity index (χ4v) is 8.30. The van der Waals surface area contributed by atoms with Gasteiger partial charge in [-0.15, -0.1) is 0 Å². The molecular formula is C36H36N3O2+. The number of benzene rings is 4. The molecule has 2 aromatic heterocycles. The molecule has 3 heterocycles. The van der Waals surface area contributed by atoms with Crippen molar-refractivity contribution in [3.8, 4) is 11.3 Å². The number of aryl methyl sites for hydroxylation is 1. The van der Waals surface area contributed by atoms with Crippen LogP contribution in [-0.2, 0) is 29.2 Å². The molecule has 3 unspecified atom stereocenters. The largest absolute Gasteiger partial charge is 0.361 e. The summed E-state index contributed by atoms with van der Waals surface area (Å²) in [5, 5.41) is 19.3. The van der Waals surface area contributed by atoms with E-state index in [1.54, 1.807) is 7.11 Å². The number of aromatic nitrogens is 3. The van der Waals surface area contributed by atoms with Crippen molar-refractivity contribution >= 4 is 43.5 Å². The van der Waals surface area contributed by atoms with E-state index in [0.29, 0.717) is 0 Å². The number of ether oxygens (including phenoxy) is 1. The third-order valence-electron chi connectivity index (χ3n) is 10.4. The molecule has 4 aromatic carbocycles. The van der Waals surface area contributed by atoms with Crippen LogP contribution in [0.15, 0.2) is 73.1 Å². The third kappa shape index (κ3) is 2.74. The molecule has 206 valence electrons. The molecule has 2 aliphatic rings. The van der Waals surface area contributed by atoms with Crippen LogP contribution in [0.4, 0.5) is 0 Å². The van der Waals surface area contributed by atoms with E-state index in [4.69, 9.17) is 9.72 Å². The second-order valence-electron chi connectivity index (χ2n) is 13.7. The van der Waals surface area contributed by atoms with E-state index in [9.17, 15) is 5.11 Å². The minimum absolute atomic E-state index is 0.136. The lowest BCUT2D eigenvalue weighted by atomic mass is 9.81. The number of hydrogen-bond acceptors (Lipinski definition) is 3. The van der Waals surface area contributed by atoms with Gasteiger partial charge in [0, 0.05) is 30.5 Å². The Hall–Kier alpha value is -3.80. The first-order valence-electron chi connectivity index (χ1n) is 14.5. The van der Waals surface area contributed by atoms with Gasteiger partial charge >= 0.3 is 0 Å². The second-order valence-corrected chi connectivity index (χ2v) is 13.7. The lowest BCUT2D eigenvalue weighted by molar-refractivity contribution is -0.743. The minimum atomic E-state index is -1.38. The maximum atomic E-state index is 12.1. The lowest BCUT2D eigenvalue weighted by Gasteiger charge is -2.26. The Bertz CT molecular complexity index is 2120. The third-order valence-corrected chi connectivity index (χ3v) is 10.4. The van der Waals surface area contributed by atoms with Gasteiger partial charge in [-0.05, 0) is 76.2 Å². The molecule has 0 spiro atoms. The van der Waals surface area contributed by atoms with Gasteiger partial charge in [0.05, 0.1) is 5.52 Å². The van der Waals surface area contributed by atoms with Gasteiger partial charge in [-0.1, -0.05) is 69.3 Å². The van der Waals surface area contributed by atoms with Crippen LogP contribution >= 0.6 is 0 Å². The summed E-state index contributed by atoms with van der Waals surface area (Å²) in [7, 11) is 3.74. The summed E-state index contributed by atoms with van der Waals surface area (Å²) < 4.78 is 10.4. The first-order valence-corrected chi connectivity index (χ1v) is 14.5. The molecule has 3 atom stereocenters. The van der Waals surface area contributed by atoms with Gasteiger partial charge in [0.25, 0.3) is 12.0 Å². The Kier molecular flexibility index (Phi) is 4.58. The van der Waals surface area contributed by atoms with Gasteiger partial charge in [0.2, 0.25) is 5.79 Å². The maximum Gasteiger partial charge on any atom is 0.290 e. The monoisotopic (exact) mass is 542 g/mol. The zero-order chi connectivity index (χ0) is 28.7. The number of aliphatic hydroxyl groups is 1. The molecule has 8 rings (SSSR count). The SMILES string of the molecule is COC1(O)C2(C)c3cc4ccccc4cc3-c3c4c5cc(CC(C)(C)C)c6ccccc6c5n(C)c4nc[n+]3C12C. The maximum absolute atomic E-state index is 12.1. The van der Waals surface area contributed by atoms with E-state index in [2.05, 4.69) is 118 Å². The summed E-state index contributed by atoms with van der Waals surface area (Å²) in [6.45, 7) is 11.1. The Balaban J connectivity index is 1.59. The average molecular weight is 543 g/mol. The van der Waals surface area contributed by atoms with Gasteiger partial charge < -0.3 is 14.4 Å². The second kappa shape index (κ2) is 7.53. The van der Waals surface area contributed by atoms with Crippen molar-refractivity contribution in [2.24, 2.45) is 12.5 Å². The highest BCUT2D eigenvalue weighted by atomic mass is 16.6. The Morgan fingerprint density at radius 2 is 1.59 bits per heavy atom. The van der Waals surface area contributed by atoms with Crippen LogP contribution in [0.25, 0.3) is 54.7 Å². The van der Waals surface area contributed by atoms with Crippen LogP contribution in [0.2, 0.25) is 0 Å². The molecule has 5 heteroatoms. The van der Waals surface area contributed by atoms with Crippen LogP contribution in [0.1, 0.15) is 45.7 Å². The van der Waals surface area contributed by atoms with Gasteiger partial charge in [0.1, 0.15) is 16.5 Å². The molecule has 0 amide bonds. The van der Waals surface area contributed by atoms with Gasteiger partial charge in [-0.25, -0.2) is 4.57 Å². The van der Waals surface area contributed by atoms with Crippen molar-refractivity contribution in [2.45, 2.75) is 57.8 Å². The molecule has 0 bridgehead atoms. The molecule has 1 N–H and O–H groups in total. The first kappa shape index (κ1) is 25.0. The zero-order valence-electron chi connectivity index (χ0n) is 24.8. The lowest BCUT2D eigenvalue weighted by Crippen LogP contribution is -2.55. The first-order chi connectivity index (χ1) is 19.5. The van der Waals surface area contributed by atoms with Crippen LogP contribution in [0.3, 0.4) is 0 Å². The van der Waals surface area contributed by atoms with E-state index < -0.39 is 16.7 Å².